The van der Waals surface area contributed by atoms with E-state index in [0.29, 0.717) is 13.0 Å². The van der Waals surface area contributed by atoms with Gasteiger partial charge in [-0.25, -0.2) is 12.7 Å². The molecule has 2 rings (SSSR count). The maximum Gasteiger partial charge on any atom is 0.242 e. The molecule has 0 fully saturated rings. The Morgan fingerprint density at radius 1 is 1.07 bits per heavy atom. The van der Waals surface area contributed by atoms with E-state index in [4.69, 9.17) is 0 Å². The van der Waals surface area contributed by atoms with Crippen LogP contribution in [0.1, 0.15) is 43.4 Å². The van der Waals surface area contributed by atoms with Crippen molar-refractivity contribution in [1.82, 2.24) is 9.62 Å². The number of nitrogens with zero attached hydrogens (tertiary/aromatic N) is 1. The third-order valence-corrected chi connectivity index (χ3v) is 6.42. The minimum atomic E-state index is -3.51. The van der Waals surface area contributed by atoms with Crippen LogP contribution in [0.25, 0.3) is 0 Å². The van der Waals surface area contributed by atoms with Gasteiger partial charge in [-0.3, -0.25) is 4.79 Å². The van der Waals surface area contributed by atoms with Crippen molar-refractivity contribution in [2.24, 2.45) is 0 Å². The summed E-state index contributed by atoms with van der Waals surface area (Å²) in [5.74, 6) is -0.0621. The van der Waals surface area contributed by atoms with E-state index in [9.17, 15) is 13.2 Å². The Balaban J connectivity index is 1.85. The topological polar surface area (TPSA) is 66.5 Å². The molecule has 0 saturated carbocycles. The summed E-state index contributed by atoms with van der Waals surface area (Å²) in [5, 5.41) is 3.04. The summed E-state index contributed by atoms with van der Waals surface area (Å²) in [4.78, 5) is 12.5. The second-order valence-electron chi connectivity index (χ2n) is 6.68. The van der Waals surface area contributed by atoms with Gasteiger partial charge in [0.2, 0.25) is 15.9 Å². The lowest BCUT2D eigenvalue weighted by Crippen LogP contribution is -2.31. The van der Waals surface area contributed by atoms with Crippen LogP contribution in [0.3, 0.4) is 0 Å². The zero-order valence-electron chi connectivity index (χ0n) is 16.2. The Bertz CT molecular complexity index is 833. The molecule has 0 aromatic heterocycles. The Labute approximate surface area is 162 Å². The monoisotopic (exact) mass is 388 g/mol. The number of amides is 1. The highest BCUT2D eigenvalue weighted by Crippen LogP contribution is 2.18. The number of nitrogens with one attached hydrogen (secondary N) is 1. The zero-order chi connectivity index (χ0) is 19.9. The van der Waals surface area contributed by atoms with Crippen LogP contribution in [-0.4, -0.2) is 32.2 Å². The summed E-state index contributed by atoms with van der Waals surface area (Å²) in [5.41, 5.74) is 2.27. The fourth-order valence-corrected chi connectivity index (χ4v) is 4.07. The van der Waals surface area contributed by atoms with Gasteiger partial charge in [-0.15, -0.1) is 0 Å². The van der Waals surface area contributed by atoms with E-state index >= 15 is 0 Å². The molecule has 0 heterocycles. The molecule has 6 heteroatoms. The summed E-state index contributed by atoms with van der Waals surface area (Å²) >= 11 is 0. The van der Waals surface area contributed by atoms with Gasteiger partial charge in [-0.05, 0) is 37.5 Å². The molecule has 0 aliphatic heterocycles. The third-order valence-electron chi connectivity index (χ3n) is 4.55. The smallest absolute Gasteiger partial charge is 0.242 e. The molecule has 0 aliphatic rings. The number of aryl methyl sites for hydroxylation is 1. The van der Waals surface area contributed by atoms with Gasteiger partial charge in [-0.2, -0.15) is 0 Å². The first-order chi connectivity index (χ1) is 12.8. The van der Waals surface area contributed by atoms with Crippen molar-refractivity contribution in [2.45, 2.75) is 44.0 Å². The molecule has 2 aromatic rings. The molecule has 1 atom stereocenters. The fourth-order valence-electron chi connectivity index (χ4n) is 2.84. The summed E-state index contributed by atoms with van der Waals surface area (Å²) < 4.78 is 26.2. The first-order valence-electron chi connectivity index (χ1n) is 9.22. The summed E-state index contributed by atoms with van der Waals surface area (Å²) in [6.07, 6.45) is 1.56. The van der Waals surface area contributed by atoms with Gasteiger partial charge >= 0.3 is 0 Å². The molecule has 2 aromatic carbocycles. The Hall–Kier alpha value is -2.18. The van der Waals surface area contributed by atoms with E-state index in [-0.39, 0.29) is 23.3 Å². The average molecular weight is 389 g/mol. The molecule has 1 amide bonds. The summed E-state index contributed by atoms with van der Waals surface area (Å²) in [6.45, 7) is 4.36. The highest BCUT2D eigenvalue weighted by atomic mass is 32.2. The minimum absolute atomic E-state index is 0.0242. The van der Waals surface area contributed by atoms with Gasteiger partial charge in [0.25, 0.3) is 0 Å². The standard InChI is InChI=1S/C21H28N2O3S/c1-4-20(18-14-12-17(2)13-15-18)22-21(24)11-8-16-23(3)27(25,26)19-9-6-5-7-10-19/h5-7,9-10,12-15,20H,4,8,11,16H2,1-3H3,(H,22,24). The molecule has 0 aliphatic carbocycles. The Kier molecular flexibility index (Phi) is 7.56. The molecular formula is C21H28N2O3S. The van der Waals surface area contributed by atoms with Gasteiger partial charge in [0.05, 0.1) is 10.9 Å². The molecule has 1 N–H and O–H groups in total. The van der Waals surface area contributed by atoms with Crippen LogP contribution in [0.2, 0.25) is 0 Å². The highest BCUT2D eigenvalue weighted by molar-refractivity contribution is 7.89. The molecule has 27 heavy (non-hydrogen) atoms. The number of rotatable bonds is 9. The maximum absolute atomic E-state index is 12.5. The second-order valence-corrected chi connectivity index (χ2v) is 8.73. The zero-order valence-corrected chi connectivity index (χ0v) is 17.0. The number of sulfonamides is 1. The van der Waals surface area contributed by atoms with Gasteiger partial charge in [0.1, 0.15) is 0 Å². The van der Waals surface area contributed by atoms with E-state index in [1.807, 2.05) is 38.1 Å². The van der Waals surface area contributed by atoms with Crippen LogP contribution in [0.5, 0.6) is 0 Å². The van der Waals surface area contributed by atoms with Gasteiger partial charge in [-0.1, -0.05) is 55.0 Å². The maximum atomic E-state index is 12.5. The minimum Gasteiger partial charge on any atom is -0.349 e. The van der Waals surface area contributed by atoms with E-state index in [1.165, 1.54) is 9.87 Å². The molecule has 0 radical (unpaired) electrons. The molecule has 0 spiro atoms. The number of hydrogen-bond donors (Lipinski definition) is 1. The first-order valence-corrected chi connectivity index (χ1v) is 10.7. The fraction of sp³-hybridized carbons (Fsp3) is 0.381. The van der Waals surface area contributed by atoms with Crippen LogP contribution in [0.4, 0.5) is 0 Å². The van der Waals surface area contributed by atoms with Crippen molar-refractivity contribution in [3.05, 3.63) is 65.7 Å². The van der Waals surface area contributed by atoms with E-state index in [1.54, 1.807) is 37.4 Å². The van der Waals surface area contributed by atoms with Crippen molar-refractivity contribution >= 4 is 15.9 Å². The normalized spacial score (nSPS) is 12.7. The number of carbonyl (C=O) groups excluding carboxylic acids is 1. The van der Waals surface area contributed by atoms with Crippen LogP contribution in [-0.2, 0) is 14.8 Å². The second kappa shape index (κ2) is 9.67. The predicted octanol–water partition coefficient (Wildman–Crippen LogP) is 3.66. The summed E-state index contributed by atoms with van der Waals surface area (Å²) in [7, 11) is -1.97. The first kappa shape index (κ1) is 21.1. The SMILES string of the molecule is CCC(NC(=O)CCCN(C)S(=O)(=O)c1ccccc1)c1ccc(C)cc1. The quantitative estimate of drug-likeness (QED) is 0.713. The van der Waals surface area contributed by atoms with Crippen LogP contribution < -0.4 is 5.32 Å². The predicted molar refractivity (Wildman–Crippen MR) is 108 cm³/mol. The van der Waals surface area contributed by atoms with Crippen LogP contribution in [0, 0.1) is 6.92 Å². The molecule has 5 nitrogen and oxygen atoms in total. The van der Waals surface area contributed by atoms with Crippen molar-refractivity contribution in [1.29, 1.82) is 0 Å². The third kappa shape index (κ3) is 5.91. The van der Waals surface area contributed by atoms with Crippen LogP contribution in [0.15, 0.2) is 59.5 Å². The van der Waals surface area contributed by atoms with Crippen molar-refractivity contribution in [3.63, 3.8) is 0 Å². The van der Waals surface area contributed by atoms with E-state index in [2.05, 4.69) is 5.32 Å². The lowest BCUT2D eigenvalue weighted by Gasteiger charge is -2.19. The van der Waals surface area contributed by atoms with E-state index in [0.717, 1.165) is 12.0 Å². The molecular weight excluding hydrogens is 360 g/mol. The molecule has 1 unspecified atom stereocenters. The van der Waals surface area contributed by atoms with Crippen molar-refractivity contribution < 1.29 is 13.2 Å². The lowest BCUT2D eigenvalue weighted by atomic mass is 10.0. The highest BCUT2D eigenvalue weighted by Gasteiger charge is 2.20. The molecule has 146 valence electrons. The van der Waals surface area contributed by atoms with Crippen LogP contribution >= 0.6 is 0 Å². The summed E-state index contributed by atoms with van der Waals surface area (Å²) in [6, 6.07) is 16.4. The Morgan fingerprint density at radius 3 is 2.30 bits per heavy atom. The lowest BCUT2D eigenvalue weighted by molar-refractivity contribution is -0.122. The van der Waals surface area contributed by atoms with Crippen molar-refractivity contribution in [3.8, 4) is 0 Å². The number of carbonyl (C=O) groups is 1. The largest absolute Gasteiger partial charge is 0.349 e. The molecule has 0 bridgehead atoms. The van der Waals surface area contributed by atoms with E-state index < -0.39 is 10.0 Å². The number of hydrogen-bond acceptors (Lipinski definition) is 3. The van der Waals surface area contributed by atoms with Gasteiger partial charge < -0.3 is 5.32 Å². The van der Waals surface area contributed by atoms with Gasteiger partial charge in [0, 0.05) is 20.0 Å². The molecule has 0 saturated heterocycles. The van der Waals surface area contributed by atoms with Crippen molar-refractivity contribution in [2.75, 3.05) is 13.6 Å². The Morgan fingerprint density at radius 2 is 1.70 bits per heavy atom. The number of benzene rings is 2. The van der Waals surface area contributed by atoms with Gasteiger partial charge in [0.15, 0.2) is 0 Å². The average Bonchev–Trinajstić information content (AvgIpc) is 2.67.